The Bertz CT molecular complexity index is 3180. The number of carbonyl (C=O) groups excluding carboxylic acids is 4. The molecule has 22 heteroatoms. The van der Waals surface area contributed by atoms with Gasteiger partial charge in [0, 0.05) is 42.7 Å². The molecule has 2 aromatic heterocycles. The molecule has 0 saturated heterocycles. The number of sulfone groups is 1. The largest absolute Gasteiger partial charge is 0.491 e. The van der Waals surface area contributed by atoms with E-state index in [0.717, 1.165) is 47.2 Å². The van der Waals surface area contributed by atoms with Gasteiger partial charge in [-0.25, -0.2) is 23.2 Å². The maximum atomic E-state index is 15.0. The zero-order chi connectivity index (χ0) is 59.7. The second-order valence-corrected chi connectivity index (χ2v) is 26.7. The molecule has 4 atom stereocenters. The minimum Gasteiger partial charge on any atom is -0.491 e. The average Bonchev–Trinajstić information content (AvgIpc) is 2.47. The van der Waals surface area contributed by atoms with Gasteiger partial charge in [0.15, 0.2) is 15.7 Å². The van der Waals surface area contributed by atoms with Gasteiger partial charge in [-0.05, 0) is 127 Å². The Balaban J connectivity index is 0.899. The van der Waals surface area contributed by atoms with Crippen molar-refractivity contribution < 1.29 is 56.0 Å². The molecule has 3 heterocycles. The molecule has 0 spiro atoms. The minimum atomic E-state index is -3.87. The topological polar surface area (TPSA) is 255 Å². The summed E-state index contributed by atoms with van der Waals surface area (Å²) >= 11 is 0. The van der Waals surface area contributed by atoms with Crippen LogP contribution in [0.2, 0.25) is 0 Å². The molecule has 0 unspecified atom stereocenters. The normalized spacial score (nSPS) is 16.3. The maximum absolute atomic E-state index is 15.0. The Morgan fingerprint density at radius 3 is 2.10 bits per heavy atom. The van der Waals surface area contributed by atoms with E-state index in [1.54, 1.807) is 65.5 Å². The quantitative estimate of drug-likeness (QED) is 0.0452. The molecule has 1 aliphatic carbocycles. The van der Waals surface area contributed by atoms with Crippen LogP contribution in [0, 0.1) is 19.3 Å². The van der Waals surface area contributed by atoms with Crippen LogP contribution in [-0.2, 0) is 62.6 Å². The summed E-state index contributed by atoms with van der Waals surface area (Å²) < 4.78 is 61.5. The van der Waals surface area contributed by atoms with Crippen molar-refractivity contribution in [3.63, 3.8) is 0 Å². The van der Waals surface area contributed by atoms with Crippen molar-refractivity contribution in [2.24, 2.45) is 5.41 Å². The lowest BCUT2D eigenvalue weighted by Crippen LogP contribution is -2.62. The molecule has 82 heavy (non-hydrogen) atoms. The van der Waals surface area contributed by atoms with Crippen LogP contribution in [0.15, 0.2) is 65.8 Å². The highest BCUT2D eigenvalue weighted by Crippen LogP contribution is 2.38. The maximum Gasteiger partial charge on any atom is 0.410 e. The number of ether oxygens (including phenoxy) is 6. The molecule has 0 saturated carbocycles. The molecule has 21 nitrogen and oxygen atoms in total. The summed E-state index contributed by atoms with van der Waals surface area (Å²) in [6.07, 6.45) is 3.58. The Morgan fingerprint density at radius 1 is 0.805 bits per heavy atom. The highest BCUT2D eigenvalue weighted by Gasteiger charge is 2.44. The highest BCUT2D eigenvalue weighted by atomic mass is 32.2. The number of likely N-dealkylation sites (N-methyl/N-ethyl adjacent to an activating group) is 1. The number of hydrogen-bond donors (Lipinski definition) is 4. The summed E-state index contributed by atoms with van der Waals surface area (Å²) in [5.41, 5.74) is 4.69. The van der Waals surface area contributed by atoms with Gasteiger partial charge in [0.25, 0.3) is 0 Å². The Hall–Kier alpha value is -6.88. The third-order valence-corrected chi connectivity index (χ3v) is 17.1. The second kappa shape index (κ2) is 26.6. The van der Waals surface area contributed by atoms with Crippen LogP contribution in [0.5, 0.6) is 11.5 Å². The molecule has 4 N–H and O–H groups in total. The van der Waals surface area contributed by atoms with E-state index in [2.05, 4.69) is 42.2 Å². The predicted octanol–water partition coefficient (Wildman–Crippen LogP) is 8.03. The molecular formula is C60H83N9O12S. The van der Waals surface area contributed by atoms with Crippen molar-refractivity contribution >= 4 is 56.2 Å². The molecule has 2 aliphatic rings. The van der Waals surface area contributed by atoms with Crippen molar-refractivity contribution in [1.29, 1.82) is 0 Å². The molecule has 5 aromatic rings. The van der Waals surface area contributed by atoms with E-state index in [9.17, 15) is 22.8 Å². The van der Waals surface area contributed by atoms with Crippen molar-refractivity contribution in [3.05, 3.63) is 94.4 Å². The Morgan fingerprint density at radius 2 is 1.46 bits per heavy atom. The summed E-state index contributed by atoms with van der Waals surface area (Å²) in [4.78, 5) is 68.0. The van der Waals surface area contributed by atoms with Gasteiger partial charge >= 0.3 is 6.09 Å². The number of anilines is 2. The number of rotatable bonds is 23. The van der Waals surface area contributed by atoms with Gasteiger partial charge in [0.1, 0.15) is 65.5 Å². The molecule has 4 amide bonds. The number of H-pyrrole nitrogens is 1. The summed E-state index contributed by atoms with van der Waals surface area (Å²) in [6.45, 7) is 23.1. The fourth-order valence-corrected chi connectivity index (χ4v) is 10.9. The molecule has 0 radical (unpaired) electrons. The number of fused-ring (bicyclic) bond motifs is 3. The number of hydrogen-bond acceptors (Lipinski definition) is 16. The lowest BCUT2D eigenvalue weighted by atomic mass is 9.83. The molecule has 7 rings (SSSR count). The van der Waals surface area contributed by atoms with Crippen LogP contribution in [0.4, 0.5) is 16.4 Å². The molecule has 3 aromatic carbocycles. The average molecular weight is 1150 g/mol. The fraction of sp³-hybridized carbons (Fsp3) is 0.550. The first kappa shape index (κ1) is 62.7. The Labute approximate surface area is 482 Å². The van der Waals surface area contributed by atoms with Crippen molar-refractivity contribution in [2.75, 3.05) is 65.2 Å². The van der Waals surface area contributed by atoms with Crippen LogP contribution in [0.3, 0.4) is 0 Å². The second-order valence-electron chi connectivity index (χ2n) is 24.0. The lowest BCUT2D eigenvalue weighted by molar-refractivity contribution is -0.147. The van der Waals surface area contributed by atoms with E-state index in [1.807, 2.05) is 71.0 Å². The van der Waals surface area contributed by atoms with Crippen molar-refractivity contribution in [2.45, 2.75) is 155 Å². The number of nitrogens with one attached hydrogen (secondary N) is 4. The summed E-state index contributed by atoms with van der Waals surface area (Å²) in [7, 11) is -2.39. The van der Waals surface area contributed by atoms with Gasteiger partial charge in [0.05, 0.1) is 55.9 Å². The van der Waals surface area contributed by atoms with Crippen LogP contribution in [-0.4, -0.2) is 151 Å². The van der Waals surface area contributed by atoms with Gasteiger partial charge in [-0.3, -0.25) is 24.4 Å². The SMILES string of the molecule is Cc1[nH]nc(Nc2ncnc3cc(OCCOCCOCCOCCOc4ccc5c(c4)CN(C(=O)[C@@H](NC(=O)[C@H](C)N(C)C(=O)OC(C)(C)C)C(C)(C)C)[C@H](C(=O)N[C@@H]4CCCc6ccccc64)C5)c(S(=O)(=O)C(C)(C)C)cc23)c1C. The summed E-state index contributed by atoms with van der Waals surface area (Å²) in [5.74, 6) is 0.455. The predicted molar refractivity (Wildman–Crippen MR) is 311 cm³/mol. The Kier molecular flexibility index (Phi) is 20.3. The molecule has 0 fully saturated rings. The third-order valence-electron chi connectivity index (χ3n) is 14.6. The van der Waals surface area contributed by atoms with Crippen LogP contribution in [0.1, 0.15) is 122 Å². The van der Waals surface area contributed by atoms with E-state index in [-0.39, 0.29) is 68.6 Å². The van der Waals surface area contributed by atoms with Gasteiger partial charge in [-0.2, -0.15) is 5.10 Å². The summed E-state index contributed by atoms with van der Waals surface area (Å²) in [5, 5.41) is 17.2. The summed E-state index contributed by atoms with van der Waals surface area (Å²) in [6, 6.07) is 13.8. The zero-order valence-corrected chi connectivity index (χ0v) is 50.6. The molecule has 1 aliphatic heterocycles. The molecule has 0 bridgehead atoms. The van der Waals surface area contributed by atoms with E-state index >= 15 is 4.79 Å². The number of benzene rings is 3. The number of nitrogens with zero attached hydrogens (tertiary/aromatic N) is 5. The number of aromatic nitrogens is 4. The third kappa shape index (κ3) is 15.6. The smallest absolute Gasteiger partial charge is 0.410 e. The van der Waals surface area contributed by atoms with E-state index in [4.69, 9.17) is 28.4 Å². The van der Waals surface area contributed by atoms with Gasteiger partial charge in [-0.15, -0.1) is 0 Å². The van der Waals surface area contributed by atoms with E-state index in [1.165, 1.54) is 23.8 Å². The van der Waals surface area contributed by atoms with Gasteiger partial charge in [-0.1, -0.05) is 51.1 Å². The number of aryl methyl sites for hydroxylation is 2. The number of carbonyl (C=O) groups is 4. The van der Waals surface area contributed by atoms with Gasteiger partial charge < -0.3 is 49.3 Å². The monoisotopic (exact) mass is 1150 g/mol. The minimum absolute atomic E-state index is 0.0167. The van der Waals surface area contributed by atoms with Crippen LogP contribution in [0.25, 0.3) is 10.9 Å². The lowest BCUT2D eigenvalue weighted by Gasteiger charge is -2.42. The fourth-order valence-electron chi connectivity index (χ4n) is 9.54. The van der Waals surface area contributed by atoms with Crippen LogP contribution < -0.4 is 25.4 Å². The van der Waals surface area contributed by atoms with E-state index in [0.29, 0.717) is 48.1 Å². The van der Waals surface area contributed by atoms with Gasteiger partial charge in [0.2, 0.25) is 17.7 Å². The standard InChI is InChI=1S/C60H83N9O12S/c1-37-38(2)66-67-52(37)65-53-45-33-50(82(74,75)60(10,11)12)49(34-47(45)61-36-62-53)80-30-28-78-26-24-76-23-25-77-27-29-79-43-22-21-41-32-48(55(71)63-46-20-16-18-40-17-14-15-19-44(40)46)69(35-42(41)31-43)56(72)51(58(4,5)6)64-54(70)39(3)68(13)57(73)81-59(7,8)9/h14-15,17,19,21-22,31,33-34,36,39,46,48,51H,16,18,20,23-30,32,35H2,1-13H3,(H,63,71)(H,64,70)(H2,61,62,65,66,67)/t39-,46+,48-,51+/m0/s1. The first-order valence-electron chi connectivity index (χ1n) is 28.0. The first-order chi connectivity index (χ1) is 38.6. The van der Waals surface area contributed by atoms with Crippen LogP contribution >= 0.6 is 0 Å². The number of amides is 4. The highest BCUT2D eigenvalue weighted by molar-refractivity contribution is 7.92. The zero-order valence-electron chi connectivity index (χ0n) is 49.8. The molecule has 446 valence electrons. The first-order valence-corrected chi connectivity index (χ1v) is 29.5. The van der Waals surface area contributed by atoms with E-state index < -0.39 is 61.6 Å². The molecular weight excluding hydrogens is 1070 g/mol. The van der Waals surface area contributed by atoms with Crippen molar-refractivity contribution in [3.8, 4) is 11.5 Å². The van der Waals surface area contributed by atoms with Crippen molar-refractivity contribution in [1.82, 2.24) is 40.6 Å². The number of aromatic amines is 1.